The molecule has 0 aliphatic rings. The number of amides is 2. The average molecular weight is 379 g/mol. The van der Waals surface area contributed by atoms with Crippen LogP contribution >= 0.6 is 0 Å². The average Bonchev–Trinajstić information content (AvgIpc) is 3.08. The molecule has 1 aromatic heterocycles. The molecule has 146 valence electrons. The first kappa shape index (κ1) is 19.5. The number of para-hydroxylation sites is 1. The molecule has 3 rings (SSSR count). The van der Waals surface area contributed by atoms with Crippen LogP contribution in [0, 0.1) is 6.92 Å². The van der Waals surface area contributed by atoms with Gasteiger partial charge in [0.2, 0.25) is 11.8 Å². The molecule has 1 heterocycles. The zero-order valence-electron chi connectivity index (χ0n) is 16.4. The molecule has 0 spiro atoms. The molecule has 0 saturated heterocycles. The Labute approximate surface area is 164 Å². The SMILES string of the molecule is COc1ccc(C)cc1NC(=O)CN(CCc1c[nH]c2ccccc12)C(C)=O. The number of aromatic nitrogens is 1. The summed E-state index contributed by atoms with van der Waals surface area (Å²) in [7, 11) is 1.56. The van der Waals surface area contributed by atoms with Gasteiger partial charge in [-0.2, -0.15) is 0 Å². The number of fused-ring (bicyclic) bond motifs is 1. The molecule has 2 aromatic carbocycles. The molecule has 6 nitrogen and oxygen atoms in total. The minimum Gasteiger partial charge on any atom is -0.495 e. The zero-order chi connectivity index (χ0) is 20.1. The van der Waals surface area contributed by atoms with E-state index in [2.05, 4.69) is 16.4 Å². The van der Waals surface area contributed by atoms with Crippen LogP contribution in [0.5, 0.6) is 5.75 Å². The van der Waals surface area contributed by atoms with Crippen molar-refractivity contribution in [3.63, 3.8) is 0 Å². The molecule has 3 aromatic rings. The van der Waals surface area contributed by atoms with E-state index in [0.717, 1.165) is 22.0 Å². The van der Waals surface area contributed by atoms with Crippen LogP contribution in [0.3, 0.4) is 0 Å². The summed E-state index contributed by atoms with van der Waals surface area (Å²) in [6.45, 7) is 3.89. The maximum Gasteiger partial charge on any atom is 0.244 e. The van der Waals surface area contributed by atoms with Crippen LogP contribution in [0.15, 0.2) is 48.7 Å². The van der Waals surface area contributed by atoms with Crippen LogP contribution in [-0.2, 0) is 16.0 Å². The lowest BCUT2D eigenvalue weighted by Crippen LogP contribution is -2.38. The predicted molar refractivity (Wildman–Crippen MR) is 111 cm³/mol. The van der Waals surface area contributed by atoms with Gasteiger partial charge in [-0.15, -0.1) is 0 Å². The van der Waals surface area contributed by atoms with Gasteiger partial charge in [0, 0.05) is 30.6 Å². The molecule has 0 atom stereocenters. The van der Waals surface area contributed by atoms with Gasteiger partial charge in [-0.3, -0.25) is 9.59 Å². The number of nitrogens with zero attached hydrogens (tertiary/aromatic N) is 1. The van der Waals surface area contributed by atoms with Crippen LogP contribution < -0.4 is 10.1 Å². The first-order valence-corrected chi connectivity index (χ1v) is 9.23. The number of benzene rings is 2. The fraction of sp³-hybridized carbons (Fsp3) is 0.273. The van der Waals surface area contributed by atoms with Crippen LogP contribution in [0.25, 0.3) is 10.9 Å². The Bertz CT molecular complexity index is 994. The molecule has 2 amide bonds. The van der Waals surface area contributed by atoms with E-state index in [1.54, 1.807) is 12.0 Å². The van der Waals surface area contributed by atoms with E-state index in [9.17, 15) is 9.59 Å². The van der Waals surface area contributed by atoms with Gasteiger partial charge in [0.15, 0.2) is 0 Å². The lowest BCUT2D eigenvalue weighted by molar-refractivity contribution is -0.132. The number of hydrogen-bond acceptors (Lipinski definition) is 3. The van der Waals surface area contributed by atoms with E-state index in [4.69, 9.17) is 4.74 Å². The van der Waals surface area contributed by atoms with E-state index in [1.165, 1.54) is 6.92 Å². The smallest absolute Gasteiger partial charge is 0.244 e. The summed E-state index contributed by atoms with van der Waals surface area (Å²) in [5, 5.41) is 3.99. The quantitative estimate of drug-likeness (QED) is 0.660. The minimum absolute atomic E-state index is 0.00517. The molecule has 2 N–H and O–H groups in total. The Morgan fingerprint density at radius 1 is 1.18 bits per heavy atom. The number of ether oxygens (including phenoxy) is 1. The molecule has 28 heavy (non-hydrogen) atoms. The highest BCUT2D eigenvalue weighted by molar-refractivity contribution is 5.95. The third-order valence-corrected chi connectivity index (χ3v) is 4.73. The van der Waals surface area contributed by atoms with Crippen molar-refractivity contribution >= 4 is 28.4 Å². The third kappa shape index (κ3) is 4.52. The fourth-order valence-electron chi connectivity index (χ4n) is 3.22. The Kier molecular flexibility index (Phi) is 5.99. The zero-order valence-corrected chi connectivity index (χ0v) is 16.4. The lowest BCUT2D eigenvalue weighted by Gasteiger charge is -2.21. The van der Waals surface area contributed by atoms with Crippen molar-refractivity contribution in [1.29, 1.82) is 0 Å². The molecule has 0 saturated carbocycles. The molecule has 0 aliphatic heterocycles. The van der Waals surface area contributed by atoms with Gasteiger partial charge in [0.1, 0.15) is 5.75 Å². The number of carbonyl (C=O) groups is 2. The third-order valence-electron chi connectivity index (χ3n) is 4.73. The number of rotatable bonds is 7. The van der Waals surface area contributed by atoms with Gasteiger partial charge in [0.25, 0.3) is 0 Å². The van der Waals surface area contributed by atoms with E-state index < -0.39 is 0 Å². The summed E-state index contributed by atoms with van der Waals surface area (Å²) < 4.78 is 5.29. The fourth-order valence-corrected chi connectivity index (χ4v) is 3.22. The second-order valence-electron chi connectivity index (χ2n) is 6.80. The van der Waals surface area contributed by atoms with Crippen LogP contribution in [0.2, 0.25) is 0 Å². The lowest BCUT2D eigenvalue weighted by atomic mass is 10.1. The van der Waals surface area contributed by atoms with Crippen molar-refractivity contribution in [2.45, 2.75) is 20.3 Å². The van der Waals surface area contributed by atoms with Crippen molar-refractivity contribution < 1.29 is 14.3 Å². The van der Waals surface area contributed by atoms with Crippen molar-refractivity contribution in [3.05, 3.63) is 59.8 Å². The second kappa shape index (κ2) is 8.61. The number of aromatic amines is 1. The summed E-state index contributed by atoms with van der Waals surface area (Å²) in [5.74, 6) is 0.205. The van der Waals surface area contributed by atoms with Gasteiger partial charge >= 0.3 is 0 Å². The number of nitrogens with one attached hydrogen (secondary N) is 2. The summed E-state index contributed by atoms with van der Waals surface area (Å²) in [5.41, 5.74) is 3.81. The van der Waals surface area contributed by atoms with Crippen molar-refractivity contribution in [2.75, 3.05) is 25.5 Å². The van der Waals surface area contributed by atoms with E-state index in [1.807, 2.05) is 49.5 Å². The van der Waals surface area contributed by atoms with Gasteiger partial charge in [0.05, 0.1) is 19.3 Å². The topological polar surface area (TPSA) is 74.4 Å². The Morgan fingerprint density at radius 2 is 1.96 bits per heavy atom. The second-order valence-corrected chi connectivity index (χ2v) is 6.80. The number of H-pyrrole nitrogens is 1. The van der Waals surface area contributed by atoms with Gasteiger partial charge in [-0.05, 0) is 42.7 Å². The molecule has 0 radical (unpaired) electrons. The molecular formula is C22H25N3O3. The Morgan fingerprint density at radius 3 is 2.71 bits per heavy atom. The van der Waals surface area contributed by atoms with E-state index >= 15 is 0 Å². The Hall–Kier alpha value is -3.28. The number of anilines is 1. The van der Waals surface area contributed by atoms with Crippen LogP contribution in [0.4, 0.5) is 5.69 Å². The monoisotopic (exact) mass is 379 g/mol. The largest absolute Gasteiger partial charge is 0.495 e. The van der Waals surface area contributed by atoms with Gasteiger partial charge < -0.3 is 19.9 Å². The highest BCUT2D eigenvalue weighted by atomic mass is 16.5. The molecular weight excluding hydrogens is 354 g/mol. The van der Waals surface area contributed by atoms with Crippen molar-refractivity contribution in [2.24, 2.45) is 0 Å². The number of hydrogen-bond donors (Lipinski definition) is 2. The summed E-state index contributed by atoms with van der Waals surface area (Å²) >= 11 is 0. The van der Waals surface area contributed by atoms with Crippen LogP contribution in [0.1, 0.15) is 18.1 Å². The molecule has 0 unspecified atom stereocenters. The van der Waals surface area contributed by atoms with E-state index in [0.29, 0.717) is 24.4 Å². The standard InChI is InChI=1S/C22H25N3O3/c1-15-8-9-21(28-3)20(12-15)24-22(27)14-25(16(2)26)11-10-17-13-23-19-7-5-4-6-18(17)19/h4-9,12-13,23H,10-11,14H2,1-3H3,(H,24,27). The predicted octanol–water partition coefficient (Wildman–Crippen LogP) is 3.51. The number of methoxy groups -OCH3 is 1. The highest BCUT2D eigenvalue weighted by Crippen LogP contribution is 2.25. The highest BCUT2D eigenvalue weighted by Gasteiger charge is 2.16. The van der Waals surface area contributed by atoms with Crippen molar-refractivity contribution in [1.82, 2.24) is 9.88 Å². The first-order chi connectivity index (χ1) is 13.5. The van der Waals surface area contributed by atoms with Gasteiger partial charge in [-0.1, -0.05) is 24.3 Å². The maximum atomic E-state index is 12.5. The van der Waals surface area contributed by atoms with E-state index in [-0.39, 0.29) is 18.4 Å². The number of carbonyl (C=O) groups excluding carboxylic acids is 2. The first-order valence-electron chi connectivity index (χ1n) is 9.23. The van der Waals surface area contributed by atoms with Crippen molar-refractivity contribution in [3.8, 4) is 5.75 Å². The minimum atomic E-state index is -0.252. The maximum absolute atomic E-state index is 12.5. The molecule has 0 bridgehead atoms. The summed E-state index contributed by atoms with van der Waals surface area (Å²) in [4.78, 5) is 29.4. The summed E-state index contributed by atoms with van der Waals surface area (Å²) in [6.07, 6.45) is 2.63. The Balaban J connectivity index is 1.65. The van der Waals surface area contributed by atoms with Gasteiger partial charge in [-0.25, -0.2) is 0 Å². The molecule has 0 fully saturated rings. The molecule has 0 aliphatic carbocycles. The van der Waals surface area contributed by atoms with Crippen LogP contribution in [-0.4, -0.2) is 41.9 Å². The number of aryl methyl sites for hydroxylation is 1. The summed E-state index contributed by atoms with van der Waals surface area (Å²) in [6, 6.07) is 13.6. The normalized spacial score (nSPS) is 10.7. The molecule has 6 heteroatoms.